The Morgan fingerprint density at radius 3 is 2.54 bits per heavy atom. The number of aryl methyl sites for hydroxylation is 1. The predicted octanol–water partition coefficient (Wildman–Crippen LogP) is 4.65. The quantitative estimate of drug-likeness (QED) is 0.803. The lowest BCUT2D eigenvalue weighted by molar-refractivity contribution is 0.0735. The summed E-state index contributed by atoms with van der Waals surface area (Å²) in [7, 11) is 1.96. The van der Waals surface area contributed by atoms with Crippen molar-refractivity contribution in [3.05, 3.63) is 65.2 Å². The van der Waals surface area contributed by atoms with Gasteiger partial charge in [-0.2, -0.15) is 0 Å². The molecule has 0 spiro atoms. The lowest BCUT2D eigenvalue weighted by atomic mass is 10.0. The van der Waals surface area contributed by atoms with Crippen molar-refractivity contribution in [2.75, 3.05) is 18.5 Å². The van der Waals surface area contributed by atoms with Crippen LogP contribution in [0.25, 0.3) is 0 Å². The van der Waals surface area contributed by atoms with Gasteiger partial charge in [-0.15, -0.1) is 0 Å². The van der Waals surface area contributed by atoms with Crippen LogP contribution in [0.2, 0.25) is 0 Å². The zero-order valence-electron chi connectivity index (χ0n) is 15.7. The number of hydrogen-bond acceptors (Lipinski definition) is 2. The van der Waals surface area contributed by atoms with Crippen LogP contribution < -0.4 is 4.90 Å². The number of para-hydroxylation sites is 1. The molecule has 3 nitrogen and oxygen atoms in total. The summed E-state index contributed by atoms with van der Waals surface area (Å²) in [6.07, 6.45) is 7.17. The topological polar surface area (TPSA) is 23.6 Å². The Hall–Kier alpha value is -2.29. The van der Waals surface area contributed by atoms with E-state index in [2.05, 4.69) is 41.3 Å². The first-order valence-corrected chi connectivity index (χ1v) is 9.91. The first-order valence-electron chi connectivity index (χ1n) is 9.91. The summed E-state index contributed by atoms with van der Waals surface area (Å²) in [5, 5.41) is 0. The first-order chi connectivity index (χ1) is 12.7. The molecule has 1 amide bonds. The predicted molar refractivity (Wildman–Crippen MR) is 107 cm³/mol. The average Bonchev–Trinajstić information content (AvgIpc) is 3.23. The van der Waals surface area contributed by atoms with Gasteiger partial charge in [0.2, 0.25) is 0 Å². The zero-order chi connectivity index (χ0) is 17.9. The maximum absolute atomic E-state index is 12.7. The lowest BCUT2D eigenvalue weighted by Crippen LogP contribution is -2.35. The van der Waals surface area contributed by atoms with E-state index in [4.69, 9.17) is 0 Å². The van der Waals surface area contributed by atoms with Crippen molar-refractivity contribution in [3.8, 4) is 0 Å². The number of rotatable bonds is 4. The van der Waals surface area contributed by atoms with E-state index in [1.807, 2.05) is 24.1 Å². The van der Waals surface area contributed by atoms with E-state index < -0.39 is 0 Å². The highest BCUT2D eigenvalue weighted by Gasteiger charge is 2.24. The van der Waals surface area contributed by atoms with Gasteiger partial charge in [0.25, 0.3) is 5.91 Å². The number of benzene rings is 2. The molecule has 2 aliphatic rings. The molecule has 1 fully saturated rings. The van der Waals surface area contributed by atoms with Crippen molar-refractivity contribution < 1.29 is 4.79 Å². The molecule has 0 bridgehead atoms. The van der Waals surface area contributed by atoms with Crippen LogP contribution in [0.4, 0.5) is 5.69 Å². The molecule has 4 rings (SSSR count). The second-order valence-corrected chi connectivity index (χ2v) is 7.71. The fourth-order valence-corrected chi connectivity index (χ4v) is 4.41. The second-order valence-electron chi connectivity index (χ2n) is 7.71. The molecule has 2 aromatic carbocycles. The summed E-state index contributed by atoms with van der Waals surface area (Å²) in [6, 6.07) is 17.4. The number of carbonyl (C=O) groups excluding carboxylic acids is 1. The molecule has 0 saturated heterocycles. The fraction of sp³-hybridized carbons (Fsp3) is 0.435. The van der Waals surface area contributed by atoms with Crippen molar-refractivity contribution in [2.45, 2.75) is 51.1 Å². The summed E-state index contributed by atoms with van der Waals surface area (Å²) in [6.45, 7) is 2.01. The van der Waals surface area contributed by atoms with Crippen LogP contribution >= 0.6 is 0 Å². The number of nitrogens with zero attached hydrogens (tertiary/aromatic N) is 2. The van der Waals surface area contributed by atoms with Gasteiger partial charge in [-0.05, 0) is 55.0 Å². The van der Waals surface area contributed by atoms with Gasteiger partial charge in [0.15, 0.2) is 0 Å². The zero-order valence-corrected chi connectivity index (χ0v) is 15.7. The van der Waals surface area contributed by atoms with E-state index >= 15 is 0 Å². The van der Waals surface area contributed by atoms with Crippen molar-refractivity contribution in [1.29, 1.82) is 0 Å². The van der Waals surface area contributed by atoms with E-state index in [9.17, 15) is 4.79 Å². The molecular formula is C23H28N2O. The van der Waals surface area contributed by atoms with Gasteiger partial charge in [-0.3, -0.25) is 4.79 Å². The molecular weight excluding hydrogens is 320 g/mol. The Bertz CT molecular complexity index is 762. The van der Waals surface area contributed by atoms with Crippen LogP contribution in [0.15, 0.2) is 48.5 Å². The van der Waals surface area contributed by atoms with E-state index in [1.165, 1.54) is 42.5 Å². The molecule has 3 heteroatoms. The Morgan fingerprint density at radius 1 is 1.04 bits per heavy atom. The Morgan fingerprint density at radius 2 is 1.77 bits per heavy atom. The normalized spacial score (nSPS) is 17.2. The third-order valence-electron chi connectivity index (χ3n) is 5.97. The molecule has 0 N–H and O–H groups in total. The van der Waals surface area contributed by atoms with Gasteiger partial charge in [0, 0.05) is 37.4 Å². The minimum atomic E-state index is 0.159. The number of carbonyl (C=O) groups is 1. The molecule has 0 atom stereocenters. The average molecular weight is 348 g/mol. The van der Waals surface area contributed by atoms with Crippen molar-refractivity contribution in [2.24, 2.45) is 0 Å². The summed E-state index contributed by atoms with van der Waals surface area (Å²) < 4.78 is 0. The van der Waals surface area contributed by atoms with Crippen LogP contribution in [-0.2, 0) is 13.0 Å². The molecule has 136 valence electrons. The van der Waals surface area contributed by atoms with Gasteiger partial charge < -0.3 is 9.80 Å². The van der Waals surface area contributed by atoms with Crippen molar-refractivity contribution in [3.63, 3.8) is 0 Å². The minimum Gasteiger partial charge on any atom is -0.367 e. The highest BCUT2D eigenvalue weighted by Crippen LogP contribution is 2.28. The molecule has 1 heterocycles. The maximum Gasteiger partial charge on any atom is 0.253 e. The van der Waals surface area contributed by atoms with Crippen molar-refractivity contribution >= 4 is 11.6 Å². The highest BCUT2D eigenvalue weighted by molar-refractivity contribution is 5.94. The summed E-state index contributed by atoms with van der Waals surface area (Å²) in [5.41, 5.74) is 4.88. The van der Waals surface area contributed by atoms with Crippen LogP contribution in [0.5, 0.6) is 0 Å². The lowest BCUT2D eigenvalue weighted by Gasteiger charge is -2.31. The Labute approximate surface area is 156 Å². The molecule has 0 unspecified atom stereocenters. The largest absolute Gasteiger partial charge is 0.367 e. The standard InChI is InChI=1S/C23H28N2O/c1-24(21-9-3-4-10-21)23(26)20-14-12-18(13-15-20)17-25-16-6-8-19-7-2-5-11-22(19)25/h2,5,7,11-15,21H,3-4,6,8-10,16-17H2,1H3. The van der Waals surface area contributed by atoms with Crippen LogP contribution in [-0.4, -0.2) is 30.4 Å². The molecule has 1 aliphatic heterocycles. The van der Waals surface area contributed by atoms with Crippen LogP contribution in [0, 0.1) is 0 Å². The van der Waals surface area contributed by atoms with Crippen LogP contribution in [0.3, 0.4) is 0 Å². The van der Waals surface area contributed by atoms with Crippen LogP contribution in [0.1, 0.15) is 53.6 Å². The van der Waals surface area contributed by atoms with Gasteiger partial charge in [-0.1, -0.05) is 43.2 Å². The second kappa shape index (κ2) is 7.53. The molecule has 1 saturated carbocycles. The summed E-state index contributed by atoms with van der Waals surface area (Å²) in [4.78, 5) is 17.1. The van der Waals surface area contributed by atoms with Crippen molar-refractivity contribution in [1.82, 2.24) is 4.90 Å². The fourth-order valence-electron chi connectivity index (χ4n) is 4.41. The van der Waals surface area contributed by atoms with Gasteiger partial charge in [0.05, 0.1) is 0 Å². The molecule has 26 heavy (non-hydrogen) atoms. The number of amides is 1. The first kappa shape index (κ1) is 17.1. The Kier molecular flexibility index (Phi) is 4.96. The van der Waals surface area contributed by atoms with E-state index in [1.54, 1.807) is 0 Å². The summed E-state index contributed by atoms with van der Waals surface area (Å²) >= 11 is 0. The van der Waals surface area contributed by atoms with Gasteiger partial charge >= 0.3 is 0 Å². The molecule has 0 aromatic heterocycles. The van der Waals surface area contributed by atoms with E-state index in [0.29, 0.717) is 6.04 Å². The number of hydrogen-bond donors (Lipinski definition) is 0. The van der Waals surface area contributed by atoms with E-state index in [-0.39, 0.29) is 5.91 Å². The smallest absolute Gasteiger partial charge is 0.253 e. The van der Waals surface area contributed by atoms with E-state index in [0.717, 1.165) is 31.5 Å². The Balaban J connectivity index is 1.44. The maximum atomic E-state index is 12.7. The summed E-state index contributed by atoms with van der Waals surface area (Å²) in [5.74, 6) is 0.159. The SMILES string of the molecule is CN(C(=O)c1ccc(CN2CCCc3ccccc32)cc1)C1CCCC1. The highest BCUT2D eigenvalue weighted by atomic mass is 16.2. The minimum absolute atomic E-state index is 0.159. The third-order valence-corrected chi connectivity index (χ3v) is 5.97. The molecule has 2 aromatic rings. The molecule has 0 radical (unpaired) electrons. The number of fused-ring (bicyclic) bond motifs is 1. The van der Waals surface area contributed by atoms with Gasteiger partial charge in [-0.25, -0.2) is 0 Å². The molecule has 1 aliphatic carbocycles. The number of anilines is 1. The van der Waals surface area contributed by atoms with Gasteiger partial charge in [0.1, 0.15) is 0 Å². The third kappa shape index (κ3) is 3.48. The monoisotopic (exact) mass is 348 g/mol.